The number of hydrogen-bond acceptors (Lipinski definition) is 3. The van der Waals surface area contributed by atoms with Crippen LogP contribution in [0.25, 0.3) is 0 Å². The summed E-state index contributed by atoms with van der Waals surface area (Å²) in [6.45, 7) is 1.55. The zero-order valence-corrected chi connectivity index (χ0v) is 13.2. The number of amides is 1. The molecule has 4 heteroatoms. The van der Waals surface area contributed by atoms with E-state index in [1.807, 2.05) is 18.2 Å². The molecule has 2 atom stereocenters. The number of carbonyl (C=O) groups excluding carboxylic acids is 1. The number of nitrogens with one attached hydrogen (secondary N) is 2. The summed E-state index contributed by atoms with van der Waals surface area (Å²) in [5.74, 6) is -0.0204. The summed E-state index contributed by atoms with van der Waals surface area (Å²) in [7, 11) is 0. The van der Waals surface area contributed by atoms with Gasteiger partial charge in [0.2, 0.25) is 5.91 Å². The van der Waals surface area contributed by atoms with Crippen LogP contribution in [0.3, 0.4) is 0 Å². The Morgan fingerprint density at radius 1 is 1.05 bits per heavy atom. The molecule has 1 aromatic rings. The molecule has 4 rings (SSSR count). The third-order valence-electron chi connectivity index (χ3n) is 5.31. The predicted molar refractivity (Wildman–Crippen MR) is 89.1 cm³/mol. The highest BCUT2D eigenvalue weighted by Gasteiger charge is 2.46. The molecule has 2 unspecified atom stereocenters. The first kappa shape index (κ1) is 14.1. The first-order valence-electron chi connectivity index (χ1n) is 8.60. The molecule has 1 saturated carbocycles. The summed E-state index contributed by atoms with van der Waals surface area (Å²) in [4.78, 5) is 14.0. The molecule has 22 heavy (non-hydrogen) atoms. The normalized spacial score (nSPS) is 31.0. The Morgan fingerprint density at radius 3 is 2.32 bits per heavy atom. The van der Waals surface area contributed by atoms with Crippen molar-refractivity contribution in [3.63, 3.8) is 0 Å². The smallest absolute Gasteiger partial charge is 0.221 e. The van der Waals surface area contributed by atoms with Gasteiger partial charge in [0.05, 0.1) is 0 Å². The van der Waals surface area contributed by atoms with Crippen LogP contribution in [0.1, 0.15) is 45.4 Å². The van der Waals surface area contributed by atoms with Crippen LogP contribution >= 0.6 is 0 Å². The topological polar surface area (TPSA) is 44.4 Å². The zero-order valence-electron chi connectivity index (χ0n) is 13.2. The third-order valence-corrected chi connectivity index (χ3v) is 5.31. The molecule has 2 N–H and O–H groups in total. The largest absolute Gasteiger partial charge is 0.382 e. The summed E-state index contributed by atoms with van der Waals surface area (Å²) in [6, 6.07) is 11.1. The van der Waals surface area contributed by atoms with Gasteiger partial charge in [-0.25, -0.2) is 0 Å². The average molecular weight is 299 g/mol. The summed E-state index contributed by atoms with van der Waals surface area (Å²) in [5, 5.41) is 6.55. The van der Waals surface area contributed by atoms with Gasteiger partial charge in [-0.15, -0.1) is 0 Å². The molecule has 2 bridgehead atoms. The minimum atomic E-state index is -0.0204. The maximum Gasteiger partial charge on any atom is 0.221 e. The minimum absolute atomic E-state index is 0.0204. The second-order valence-corrected chi connectivity index (χ2v) is 7.14. The minimum Gasteiger partial charge on any atom is -0.382 e. The van der Waals surface area contributed by atoms with Crippen LogP contribution in [-0.4, -0.2) is 35.0 Å². The second kappa shape index (κ2) is 5.58. The van der Waals surface area contributed by atoms with Gasteiger partial charge in [0.25, 0.3) is 0 Å². The number of hydrogen-bond donors (Lipinski definition) is 2. The van der Waals surface area contributed by atoms with Gasteiger partial charge in [0, 0.05) is 42.5 Å². The number of piperidine rings is 1. The average Bonchev–Trinajstić information content (AvgIpc) is 3.26. The van der Waals surface area contributed by atoms with E-state index in [0.717, 1.165) is 29.5 Å². The van der Waals surface area contributed by atoms with E-state index < -0.39 is 0 Å². The summed E-state index contributed by atoms with van der Waals surface area (Å²) in [6.07, 6.45) is 8.12. The fourth-order valence-electron chi connectivity index (χ4n) is 4.43. The Bertz CT molecular complexity index is 555. The Kier molecular flexibility index (Phi) is 3.57. The van der Waals surface area contributed by atoms with E-state index in [0.29, 0.717) is 6.04 Å². The van der Waals surface area contributed by atoms with E-state index in [2.05, 4.69) is 21.6 Å². The summed E-state index contributed by atoms with van der Waals surface area (Å²) in [5.41, 5.74) is 1.99. The van der Waals surface area contributed by atoms with Gasteiger partial charge < -0.3 is 10.6 Å². The van der Waals surface area contributed by atoms with E-state index in [1.54, 1.807) is 6.92 Å². The number of rotatable bonds is 4. The zero-order chi connectivity index (χ0) is 15.1. The molecule has 1 amide bonds. The van der Waals surface area contributed by atoms with Crippen LogP contribution in [0.5, 0.6) is 0 Å². The van der Waals surface area contributed by atoms with Crippen molar-refractivity contribution < 1.29 is 4.79 Å². The Labute approximate surface area is 132 Å². The van der Waals surface area contributed by atoms with E-state index in [9.17, 15) is 4.79 Å². The van der Waals surface area contributed by atoms with Gasteiger partial charge in [-0.2, -0.15) is 0 Å². The van der Waals surface area contributed by atoms with Crippen LogP contribution in [-0.2, 0) is 4.79 Å². The lowest BCUT2D eigenvalue weighted by atomic mass is 9.96. The van der Waals surface area contributed by atoms with Crippen molar-refractivity contribution in [1.29, 1.82) is 0 Å². The fraction of sp³-hybridized carbons (Fsp3) is 0.611. The Hall–Kier alpha value is -1.55. The maximum absolute atomic E-state index is 11.2. The second-order valence-electron chi connectivity index (χ2n) is 7.14. The van der Waals surface area contributed by atoms with Crippen molar-refractivity contribution in [1.82, 2.24) is 4.90 Å². The molecule has 2 heterocycles. The lowest BCUT2D eigenvalue weighted by molar-refractivity contribution is -0.114. The molecule has 3 fully saturated rings. The van der Waals surface area contributed by atoms with Crippen molar-refractivity contribution >= 4 is 17.3 Å². The van der Waals surface area contributed by atoms with Gasteiger partial charge in [-0.3, -0.25) is 9.69 Å². The van der Waals surface area contributed by atoms with Crippen molar-refractivity contribution in [3.8, 4) is 0 Å². The molecule has 1 aliphatic carbocycles. The van der Waals surface area contributed by atoms with Crippen molar-refractivity contribution in [2.75, 3.05) is 10.6 Å². The van der Waals surface area contributed by atoms with E-state index in [-0.39, 0.29) is 5.91 Å². The van der Waals surface area contributed by atoms with Gasteiger partial charge in [-0.05, 0) is 56.7 Å². The lowest BCUT2D eigenvalue weighted by Crippen LogP contribution is -2.47. The number of nitrogens with zero attached hydrogens (tertiary/aromatic N) is 1. The van der Waals surface area contributed by atoms with Crippen LogP contribution in [0.15, 0.2) is 24.3 Å². The molecule has 4 nitrogen and oxygen atoms in total. The predicted octanol–water partition coefficient (Wildman–Crippen LogP) is 3.21. The van der Waals surface area contributed by atoms with Gasteiger partial charge in [-0.1, -0.05) is 6.07 Å². The van der Waals surface area contributed by atoms with Gasteiger partial charge in [0.15, 0.2) is 0 Å². The molecule has 0 spiro atoms. The summed E-state index contributed by atoms with van der Waals surface area (Å²) < 4.78 is 0. The number of benzene rings is 1. The van der Waals surface area contributed by atoms with Gasteiger partial charge in [0.1, 0.15) is 0 Å². The highest BCUT2D eigenvalue weighted by atomic mass is 16.1. The standard InChI is InChI=1S/C18H25N3O/c1-12(22)19-13-3-2-4-14(9-13)20-15-10-17-7-8-18(11-15)21(17)16-5-6-16/h2-4,9,15-18,20H,5-8,10-11H2,1H3,(H,19,22). The molecule has 1 aromatic carbocycles. The third kappa shape index (κ3) is 2.84. The van der Waals surface area contributed by atoms with Crippen molar-refractivity contribution in [3.05, 3.63) is 24.3 Å². The molecule has 3 aliphatic rings. The lowest BCUT2D eigenvalue weighted by Gasteiger charge is -2.39. The maximum atomic E-state index is 11.2. The van der Waals surface area contributed by atoms with Crippen LogP contribution in [0.2, 0.25) is 0 Å². The van der Waals surface area contributed by atoms with Crippen LogP contribution in [0.4, 0.5) is 11.4 Å². The van der Waals surface area contributed by atoms with E-state index >= 15 is 0 Å². The number of fused-ring (bicyclic) bond motifs is 2. The Morgan fingerprint density at radius 2 is 1.68 bits per heavy atom. The molecule has 2 saturated heterocycles. The SMILES string of the molecule is CC(=O)Nc1cccc(NC2CC3CCC(C2)N3C2CC2)c1. The van der Waals surface area contributed by atoms with E-state index in [1.165, 1.54) is 38.5 Å². The van der Waals surface area contributed by atoms with Crippen molar-refractivity contribution in [2.45, 2.75) is 69.6 Å². The Balaban J connectivity index is 1.41. The van der Waals surface area contributed by atoms with Gasteiger partial charge >= 0.3 is 0 Å². The molecular weight excluding hydrogens is 274 g/mol. The van der Waals surface area contributed by atoms with Crippen LogP contribution in [0, 0.1) is 0 Å². The molecule has 2 aliphatic heterocycles. The highest BCUT2D eigenvalue weighted by Crippen LogP contribution is 2.43. The number of anilines is 2. The fourth-order valence-corrected chi connectivity index (χ4v) is 4.43. The van der Waals surface area contributed by atoms with Crippen molar-refractivity contribution in [2.24, 2.45) is 0 Å². The quantitative estimate of drug-likeness (QED) is 0.897. The first-order valence-corrected chi connectivity index (χ1v) is 8.60. The molecular formula is C18H25N3O. The molecule has 0 radical (unpaired) electrons. The molecule has 118 valence electrons. The number of carbonyl (C=O) groups is 1. The van der Waals surface area contributed by atoms with E-state index in [4.69, 9.17) is 0 Å². The highest BCUT2D eigenvalue weighted by molar-refractivity contribution is 5.89. The summed E-state index contributed by atoms with van der Waals surface area (Å²) >= 11 is 0. The monoisotopic (exact) mass is 299 g/mol. The van der Waals surface area contributed by atoms with Crippen LogP contribution < -0.4 is 10.6 Å². The molecule has 0 aromatic heterocycles. The first-order chi connectivity index (χ1) is 10.7.